The van der Waals surface area contributed by atoms with Crippen LogP contribution in [-0.2, 0) is 21.2 Å². The molecule has 0 N–H and O–H groups in total. The summed E-state index contributed by atoms with van der Waals surface area (Å²) in [7, 11) is -3.27. The zero-order chi connectivity index (χ0) is 15.2. The maximum Gasteiger partial charge on any atom is 0.179 e. The van der Waals surface area contributed by atoms with Gasteiger partial charge in [-0.1, -0.05) is 18.2 Å². The second kappa shape index (κ2) is 5.22. The van der Waals surface area contributed by atoms with Gasteiger partial charge in [0.15, 0.2) is 9.84 Å². The van der Waals surface area contributed by atoms with Crippen LogP contribution in [0.4, 0.5) is 0 Å². The number of aromatic nitrogens is 1. The van der Waals surface area contributed by atoms with Gasteiger partial charge in [-0.25, -0.2) is 8.42 Å². The Bertz CT molecular complexity index is 770. The van der Waals surface area contributed by atoms with Gasteiger partial charge in [-0.2, -0.15) is 5.06 Å². The normalized spacial score (nSPS) is 24.4. The van der Waals surface area contributed by atoms with Crippen molar-refractivity contribution in [1.82, 2.24) is 9.63 Å². The van der Waals surface area contributed by atoms with Crippen LogP contribution in [0.15, 0.2) is 53.6 Å². The van der Waals surface area contributed by atoms with Crippen molar-refractivity contribution in [2.24, 2.45) is 0 Å². The summed E-state index contributed by atoms with van der Waals surface area (Å²) in [4.78, 5) is 6.28. The summed E-state index contributed by atoms with van der Waals surface area (Å²) in [5.41, 5.74) is 1.21. The molecule has 0 amide bonds. The monoisotopic (exact) mass is 318 g/mol. The number of rotatable bonds is 4. The van der Waals surface area contributed by atoms with Gasteiger partial charge in [0.25, 0.3) is 0 Å². The molecule has 5 nitrogen and oxygen atoms in total. The Balaban J connectivity index is 1.49. The molecule has 1 fully saturated rings. The molecule has 0 saturated carbocycles. The van der Waals surface area contributed by atoms with Gasteiger partial charge in [0.2, 0.25) is 0 Å². The highest BCUT2D eigenvalue weighted by Crippen LogP contribution is 2.39. The summed E-state index contributed by atoms with van der Waals surface area (Å²) in [6.45, 7) is 1.24. The standard InChI is InChI=1S/C16H18N2O3S/c19-22(20,14-5-2-1-3-6-14)10-9-18-16-11-13(21-18)12-17-8-4-7-15(16)17/h1-8,13,16H,9-12H2/t13-,16+/m1/s1. The summed E-state index contributed by atoms with van der Waals surface area (Å²) in [6.07, 6.45) is 3.15. The fraction of sp³-hybridized carbons (Fsp3) is 0.375. The molecule has 2 aromatic rings. The molecule has 1 aromatic heterocycles. The predicted molar refractivity (Wildman–Crippen MR) is 81.9 cm³/mol. The molecule has 22 heavy (non-hydrogen) atoms. The van der Waals surface area contributed by atoms with Gasteiger partial charge in [-0.15, -0.1) is 0 Å². The lowest BCUT2D eigenvalue weighted by molar-refractivity contribution is -0.156. The molecule has 2 bridgehead atoms. The molecule has 0 radical (unpaired) electrons. The first-order valence-corrected chi connectivity index (χ1v) is 9.15. The second-order valence-corrected chi connectivity index (χ2v) is 7.95. The van der Waals surface area contributed by atoms with E-state index in [-0.39, 0.29) is 17.9 Å². The lowest BCUT2D eigenvalue weighted by Gasteiger charge is -2.23. The third-order valence-electron chi connectivity index (χ3n) is 4.41. The van der Waals surface area contributed by atoms with E-state index in [1.54, 1.807) is 24.3 Å². The van der Waals surface area contributed by atoms with Crippen molar-refractivity contribution >= 4 is 9.84 Å². The van der Waals surface area contributed by atoms with Crippen LogP contribution in [0.2, 0.25) is 0 Å². The number of fused-ring (bicyclic) bond motifs is 4. The number of hydrogen-bond acceptors (Lipinski definition) is 4. The molecular weight excluding hydrogens is 300 g/mol. The fourth-order valence-electron chi connectivity index (χ4n) is 3.33. The first-order chi connectivity index (χ1) is 10.6. The zero-order valence-corrected chi connectivity index (χ0v) is 12.9. The van der Waals surface area contributed by atoms with Crippen molar-refractivity contribution < 1.29 is 13.3 Å². The van der Waals surface area contributed by atoms with Gasteiger partial charge < -0.3 is 4.57 Å². The molecule has 2 aliphatic heterocycles. The van der Waals surface area contributed by atoms with Crippen molar-refractivity contribution in [3.63, 3.8) is 0 Å². The average molecular weight is 318 g/mol. The second-order valence-electron chi connectivity index (χ2n) is 5.84. The van der Waals surface area contributed by atoms with Crippen molar-refractivity contribution in [2.75, 3.05) is 12.3 Å². The molecule has 6 heteroatoms. The minimum atomic E-state index is -3.27. The third-order valence-corrected chi connectivity index (χ3v) is 6.12. The van der Waals surface area contributed by atoms with E-state index in [2.05, 4.69) is 16.8 Å². The highest BCUT2D eigenvalue weighted by Gasteiger charge is 2.40. The van der Waals surface area contributed by atoms with E-state index >= 15 is 0 Å². The molecule has 2 aliphatic rings. The molecule has 3 heterocycles. The van der Waals surface area contributed by atoms with E-state index in [4.69, 9.17) is 4.84 Å². The predicted octanol–water partition coefficient (Wildman–Crippen LogP) is 2.02. The van der Waals surface area contributed by atoms with E-state index in [1.165, 1.54) is 5.69 Å². The maximum absolute atomic E-state index is 12.4. The molecule has 2 atom stereocenters. The van der Waals surface area contributed by atoms with E-state index in [1.807, 2.05) is 17.2 Å². The smallest absolute Gasteiger partial charge is 0.179 e. The van der Waals surface area contributed by atoms with Crippen LogP contribution in [-0.4, -0.2) is 36.4 Å². The minimum absolute atomic E-state index is 0.0704. The van der Waals surface area contributed by atoms with Gasteiger partial charge >= 0.3 is 0 Å². The molecule has 0 aliphatic carbocycles. The summed E-state index contributed by atoms with van der Waals surface area (Å²) in [5.74, 6) is 0.0704. The van der Waals surface area contributed by atoms with Crippen LogP contribution in [0.3, 0.4) is 0 Å². The maximum atomic E-state index is 12.4. The Kier molecular flexibility index (Phi) is 3.32. The average Bonchev–Trinajstić information content (AvgIpc) is 3.12. The number of hydroxylamine groups is 2. The molecular formula is C16H18N2O3S. The summed E-state index contributed by atoms with van der Waals surface area (Å²) < 4.78 is 27.0. The number of nitrogens with zero attached hydrogens (tertiary/aromatic N) is 2. The Hall–Kier alpha value is -1.63. The van der Waals surface area contributed by atoms with Crippen molar-refractivity contribution in [1.29, 1.82) is 0 Å². The minimum Gasteiger partial charge on any atom is -0.347 e. The molecule has 0 spiro atoms. The molecule has 4 rings (SSSR count). The Morgan fingerprint density at radius 3 is 2.77 bits per heavy atom. The summed E-state index contributed by atoms with van der Waals surface area (Å²) in [6, 6.07) is 12.9. The van der Waals surface area contributed by atoms with Crippen LogP contribution >= 0.6 is 0 Å². The first kappa shape index (κ1) is 14.0. The van der Waals surface area contributed by atoms with Gasteiger partial charge in [-0.3, -0.25) is 4.84 Å². The first-order valence-electron chi connectivity index (χ1n) is 7.50. The van der Waals surface area contributed by atoms with Crippen LogP contribution in [0.1, 0.15) is 18.2 Å². The zero-order valence-electron chi connectivity index (χ0n) is 12.1. The number of benzene rings is 1. The fourth-order valence-corrected chi connectivity index (χ4v) is 4.56. The largest absolute Gasteiger partial charge is 0.347 e. The lowest BCUT2D eigenvalue weighted by atomic mass is 10.0. The molecule has 0 unspecified atom stereocenters. The van der Waals surface area contributed by atoms with E-state index in [0.29, 0.717) is 11.4 Å². The SMILES string of the molecule is O=S(=O)(CCN1O[C@@H]2C[C@H]1c1cccn1C2)c1ccccc1. The van der Waals surface area contributed by atoms with Crippen LogP contribution in [0.5, 0.6) is 0 Å². The summed E-state index contributed by atoms with van der Waals surface area (Å²) >= 11 is 0. The van der Waals surface area contributed by atoms with Crippen molar-refractivity contribution in [2.45, 2.75) is 30.0 Å². The molecule has 116 valence electrons. The van der Waals surface area contributed by atoms with Gasteiger partial charge in [0, 0.05) is 24.9 Å². The van der Waals surface area contributed by atoms with Crippen LogP contribution in [0, 0.1) is 0 Å². The topological polar surface area (TPSA) is 51.5 Å². The van der Waals surface area contributed by atoms with E-state index in [0.717, 1.165) is 13.0 Å². The van der Waals surface area contributed by atoms with Crippen molar-refractivity contribution in [3.05, 3.63) is 54.4 Å². The lowest BCUT2D eigenvalue weighted by Crippen LogP contribution is -2.28. The summed E-state index contributed by atoms with van der Waals surface area (Å²) in [5, 5.41) is 1.85. The third kappa shape index (κ3) is 2.37. The highest BCUT2D eigenvalue weighted by molar-refractivity contribution is 7.91. The van der Waals surface area contributed by atoms with Gasteiger partial charge in [-0.05, 0) is 24.3 Å². The van der Waals surface area contributed by atoms with Gasteiger partial charge in [0.1, 0.15) is 0 Å². The highest BCUT2D eigenvalue weighted by atomic mass is 32.2. The molecule has 1 aromatic carbocycles. The van der Waals surface area contributed by atoms with Crippen LogP contribution < -0.4 is 0 Å². The van der Waals surface area contributed by atoms with Gasteiger partial charge in [0.05, 0.1) is 29.3 Å². The van der Waals surface area contributed by atoms with Crippen molar-refractivity contribution in [3.8, 4) is 0 Å². The van der Waals surface area contributed by atoms with Crippen LogP contribution in [0.25, 0.3) is 0 Å². The molecule has 1 saturated heterocycles. The number of sulfone groups is 1. The Labute approximate surface area is 130 Å². The number of hydrogen-bond donors (Lipinski definition) is 0. The Morgan fingerprint density at radius 1 is 1.14 bits per heavy atom. The van der Waals surface area contributed by atoms with E-state index in [9.17, 15) is 8.42 Å². The quantitative estimate of drug-likeness (QED) is 0.865. The van der Waals surface area contributed by atoms with E-state index < -0.39 is 9.84 Å². The Morgan fingerprint density at radius 2 is 1.95 bits per heavy atom.